The Morgan fingerprint density at radius 1 is 1.33 bits per heavy atom. The molecule has 0 unspecified atom stereocenters. The molecule has 2 N–H and O–H groups in total. The lowest BCUT2D eigenvalue weighted by Crippen LogP contribution is -2.03. The third-order valence-corrected chi connectivity index (χ3v) is 3.39. The van der Waals surface area contributed by atoms with E-state index in [-0.39, 0.29) is 0 Å². The molecule has 0 spiro atoms. The van der Waals surface area contributed by atoms with Crippen LogP contribution in [-0.2, 0) is 7.05 Å². The first-order valence-electron chi connectivity index (χ1n) is 4.52. The van der Waals surface area contributed by atoms with Crippen molar-refractivity contribution in [3.05, 3.63) is 22.1 Å². The van der Waals surface area contributed by atoms with E-state index >= 15 is 0 Å². The fourth-order valence-electron chi connectivity index (χ4n) is 1.49. The maximum atomic E-state index is 5.84. The summed E-state index contributed by atoms with van der Waals surface area (Å²) in [5.74, 6) is 0.670. The minimum absolute atomic E-state index is 0.621. The summed E-state index contributed by atoms with van der Waals surface area (Å²) in [4.78, 5) is 0. The summed E-state index contributed by atoms with van der Waals surface area (Å²) < 4.78 is 4.41. The van der Waals surface area contributed by atoms with Gasteiger partial charge in [0.15, 0.2) is 5.82 Å². The number of nitrogens with zero attached hydrogens (tertiary/aromatic N) is 4. The number of halogens is 1. The van der Waals surface area contributed by atoms with Crippen molar-refractivity contribution in [1.29, 1.82) is 0 Å². The zero-order valence-corrected chi connectivity index (χ0v) is 10.4. The summed E-state index contributed by atoms with van der Waals surface area (Å²) in [5.41, 5.74) is 8.39. The predicted octanol–water partition coefficient (Wildman–Crippen LogP) is 1.57. The van der Waals surface area contributed by atoms with Gasteiger partial charge in [-0.2, -0.15) is 10.2 Å². The van der Waals surface area contributed by atoms with Gasteiger partial charge in [-0.05, 0) is 29.8 Å². The molecule has 0 saturated heterocycles. The first-order chi connectivity index (χ1) is 7.00. The van der Waals surface area contributed by atoms with Crippen molar-refractivity contribution in [3.63, 3.8) is 0 Å². The summed E-state index contributed by atoms with van der Waals surface area (Å²) in [6.45, 7) is 3.91. The van der Waals surface area contributed by atoms with Crippen LogP contribution < -0.4 is 5.73 Å². The highest BCUT2D eigenvalue weighted by atomic mass is 79.9. The molecule has 2 aromatic rings. The number of aryl methyl sites for hydroxylation is 2. The average Bonchev–Trinajstić information content (AvgIpc) is 2.61. The Labute approximate surface area is 96.0 Å². The van der Waals surface area contributed by atoms with Gasteiger partial charge in [0, 0.05) is 13.2 Å². The van der Waals surface area contributed by atoms with E-state index in [9.17, 15) is 0 Å². The quantitative estimate of drug-likeness (QED) is 0.855. The molecular formula is C9H12BrN5. The first kappa shape index (κ1) is 10.2. The van der Waals surface area contributed by atoms with Crippen LogP contribution in [0.4, 0.5) is 5.69 Å². The molecule has 0 aromatic carbocycles. The molecule has 0 saturated carbocycles. The highest BCUT2D eigenvalue weighted by molar-refractivity contribution is 9.10. The van der Waals surface area contributed by atoms with Gasteiger partial charge in [-0.15, -0.1) is 0 Å². The minimum atomic E-state index is 0.621. The lowest BCUT2D eigenvalue weighted by Gasteiger charge is -2.00. The third-order valence-electron chi connectivity index (χ3n) is 2.24. The summed E-state index contributed by atoms with van der Waals surface area (Å²) >= 11 is 3.47. The van der Waals surface area contributed by atoms with E-state index in [4.69, 9.17) is 5.73 Å². The van der Waals surface area contributed by atoms with Crippen LogP contribution in [0, 0.1) is 13.8 Å². The molecule has 0 radical (unpaired) electrons. The molecule has 2 aromatic heterocycles. The highest BCUT2D eigenvalue weighted by Gasteiger charge is 2.14. The van der Waals surface area contributed by atoms with Crippen LogP contribution in [0.5, 0.6) is 0 Å². The Hall–Kier alpha value is -1.30. The zero-order chi connectivity index (χ0) is 11.2. The van der Waals surface area contributed by atoms with Crippen molar-refractivity contribution in [1.82, 2.24) is 19.6 Å². The van der Waals surface area contributed by atoms with Gasteiger partial charge in [-0.25, -0.2) is 4.68 Å². The normalized spacial score (nSPS) is 10.9. The number of hydrogen-bond donors (Lipinski definition) is 1. The van der Waals surface area contributed by atoms with Crippen LogP contribution in [0.15, 0.2) is 10.7 Å². The molecule has 80 valence electrons. The van der Waals surface area contributed by atoms with Crippen LogP contribution in [0.1, 0.15) is 11.4 Å². The van der Waals surface area contributed by atoms with Crippen molar-refractivity contribution < 1.29 is 0 Å². The molecule has 5 nitrogen and oxygen atoms in total. The molecule has 0 fully saturated rings. The minimum Gasteiger partial charge on any atom is -0.394 e. The van der Waals surface area contributed by atoms with Crippen molar-refractivity contribution in [3.8, 4) is 5.82 Å². The van der Waals surface area contributed by atoms with Crippen LogP contribution in [0.25, 0.3) is 5.82 Å². The van der Waals surface area contributed by atoms with E-state index in [0.29, 0.717) is 11.5 Å². The Kier molecular flexibility index (Phi) is 2.30. The monoisotopic (exact) mass is 269 g/mol. The second-order valence-corrected chi connectivity index (χ2v) is 4.27. The summed E-state index contributed by atoms with van der Waals surface area (Å²) in [6, 6.07) is 0. The predicted molar refractivity (Wildman–Crippen MR) is 61.9 cm³/mol. The molecule has 0 aliphatic rings. The van der Waals surface area contributed by atoms with E-state index in [1.165, 1.54) is 0 Å². The van der Waals surface area contributed by atoms with Gasteiger partial charge in [-0.3, -0.25) is 4.68 Å². The molecule has 0 aliphatic heterocycles. The maximum absolute atomic E-state index is 5.84. The third kappa shape index (κ3) is 1.54. The van der Waals surface area contributed by atoms with E-state index in [0.717, 1.165) is 15.9 Å². The average molecular weight is 270 g/mol. The van der Waals surface area contributed by atoms with E-state index in [1.807, 2.05) is 20.9 Å². The number of nitrogen functional groups attached to an aromatic ring is 1. The number of anilines is 1. The maximum Gasteiger partial charge on any atom is 0.198 e. The standard InChI is InChI=1S/C9H12BrN5/c1-5-8(10)6(2)15(12-5)9-7(11)4-14(3)13-9/h4H,11H2,1-3H3. The van der Waals surface area contributed by atoms with Gasteiger partial charge in [0.1, 0.15) is 0 Å². The van der Waals surface area contributed by atoms with Gasteiger partial charge in [-0.1, -0.05) is 0 Å². The largest absolute Gasteiger partial charge is 0.394 e. The van der Waals surface area contributed by atoms with E-state index in [1.54, 1.807) is 15.6 Å². The summed E-state index contributed by atoms with van der Waals surface area (Å²) in [5, 5.41) is 8.64. The van der Waals surface area contributed by atoms with E-state index < -0.39 is 0 Å². The van der Waals surface area contributed by atoms with Gasteiger partial charge in [0.05, 0.1) is 21.5 Å². The van der Waals surface area contributed by atoms with Gasteiger partial charge in [0.2, 0.25) is 0 Å². The van der Waals surface area contributed by atoms with Crippen molar-refractivity contribution in [2.24, 2.45) is 7.05 Å². The SMILES string of the molecule is Cc1nn(-c2nn(C)cc2N)c(C)c1Br. The lowest BCUT2D eigenvalue weighted by atomic mass is 10.4. The van der Waals surface area contributed by atoms with Crippen molar-refractivity contribution in [2.45, 2.75) is 13.8 Å². The lowest BCUT2D eigenvalue weighted by molar-refractivity contribution is 0.721. The number of rotatable bonds is 1. The van der Waals surface area contributed by atoms with Gasteiger partial charge in [0.25, 0.3) is 0 Å². The van der Waals surface area contributed by atoms with Gasteiger partial charge < -0.3 is 5.73 Å². The van der Waals surface area contributed by atoms with Crippen LogP contribution >= 0.6 is 15.9 Å². The Balaban J connectivity index is 2.64. The van der Waals surface area contributed by atoms with Crippen LogP contribution in [0.3, 0.4) is 0 Å². The van der Waals surface area contributed by atoms with Crippen LogP contribution in [0.2, 0.25) is 0 Å². The second kappa shape index (κ2) is 3.37. The number of nitrogens with two attached hydrogens (primary N) is 1. The molecule has 0 amide bonds. The number of hydrogen-bond acceptors (Lipinski definition) is 3. The Morgan fingerprint density at radius 3 is 2.40 bits per heavy atom. The van der Waals surface area contributed by atoms with Gasteiger partial charge >= 0.3 is 0 Å². The second-order valence-electron chi connectivity index (χ2n) is 3.48. The van der Waals surface area contributed by atoms with Crippen LogP contribution in [-0.4, -0.2) is 19.6 Å². The zero-order valence-electron chi connectivity index (χ0n) is 8.82. The van der Waals surface area contributed by atoms with E-state index in [2.05, 4.69) is 26.1 Å². The van der Waals surface area contributed by atoms with Crippen molar-refractivity contribution in [2.75, 3.05) is 5.73 Å². The Morgan fingerprint density at radius 2 is 2.00 bits per heavy atom. The molecule has 0 atom stereocenters. The molecule has 0 aliphatic carbocycles. The fraction of sp³-hybridized carbons (Fsp3) is 0.333. The Bertz CT molecular complexity index is 511. The molecule has 2 rings (SSSR count). The molecule has 6 heteroatoms. The topological polar surface area (TPSA) is 61.7 Å². The molecule has 15 heavy (non-hydrogen) atoms. The summed E-state index contributed by atoms with van der Waals surface area (Å²) in [6.07, 6.45) is 1.76. The smallest absolute Gasteiger partial charge is 0.198 e. The van der Waals surface area contributed by atoms with Crippen molar-refractivity contribution >= 4 is 21.6 Å². The molecule has 2 heterocycles. The fourth-order valence-corrected chi connectivity index (χ4v) is 1.74. The molecule has 0 bridgehead atoms. The first-order valence-corrected chi connectivity index (χ1v) is 5.31. The number of aromatic nitrogens is 4. The molecular weight excluding hydrogens is 258 g/mol. The summed E-state index contributed by atoms with van der Waals surface area (Å²) in [7, 11) is 1.83. The highest BCUT2D eigenvalue weighted by Crippen LogP contribution is 2.24.